The third-order valence-corrected chi connectivity index (χ3v) is 2.50. The lowest BCUT2D eigenvalue weighted by molar-refractivity contribution is -0.141. The number of ether oxygens (including phenoxy) is 1. The van der Waals surface area contributed by atoms with Crippen LogP contribution in [0.2, 0.25) is 19.6 Å². The summed E-state index contributed by atoms with van der Waals surface area (Å²) in [6.45, 7) is 12.5. The van der Waals surface area contributed by atoms with Crippen LogP contribution in [0, 0.1) is 5.92 Å². The van der Waals surface area contributed by atoms with E-state index < -0.39 is 8.32 Å². The molecule has 0 aliphatic carbocycles. The first-order valence-corrected chi connectivity index (χ1v) is 9.23. The molecule has 0 aromatic rings. The largest absolute Gasteiger partial charge is 0.540 e. The summed E-state index contributed by atoms with van der Waals surface area (Å²) in [6.07, 6.45) is 2.68. The van der Waals surface area contributed by atoms with Crippen LogP contribution in [0.15, 0.2) is 11.8 Å². The molecule has 3 nitrogen and oxygen atoms in total. The third-order valence-electron chi connectivity index (χ3n) is 1.67. The Morgan fingerprint density at radius 1 is 1.31 bits per heavy atom. The van der Waals surface area contributed by atoms with Gasteiger partial charge in [-0.3, -0.25) is 0 Å². The van der Waals surface area contributed by atoms with Crippen LogP contribution in [0.25, 0.3) is 0 Å². The number of carbonyl (C=O) groups excluding carboxylic acids is 1. The van der Waals surface area contributed by atoms with Gasteiger partial charge < -0.3 is 9.16 Å². The van der Waals surface area contributed by atoms with Crippen molar-refractivity contribution in [3.05, 3.63) is 11.8 Å². The average molecular weight is 244 g/mol. The summed E-state index contributed by atoms with van der Waals surface area (Å²) in [5.74, 6) is 0.551. The van der Waals surface area contributed by atoms with E-state index in [-0.39, 0.29) is 5.97 Å². The van der Waals surface area contributed by atoms with Gasteiger partial charge in [-0.15, -0.1) is 0 Å². The maximum Gasteiger partial charge on any atom is 0.371 e. The quantitative estimate of drug-likeness (QED) is 0.311. The van der Waals surface area contributed by atoms with Crippen LogP contribution >= 0.6 is 0 Å². The molecule has 0 aliphatic rings. The van der Waals surface area contributed by atoms with Gasteiger partial charge in [-0.2, -0.15) is 0 Å². The van der Waals surface area contributed by atoms with Gasteiger partial charge in [0.15, 0.2) is 5.76 Å². The van der Waals surface area contributed by atoms with Crippen LogP contribution in [0.1, 0.15) is 27.2 Å². The highest BCUT2D eigenvalue weighted by molar-refractivity contribution is 6.70. The molecule has 0 N–H and O–H groups in total. The molecule has 0 heterocycles. The zero-order chi connectivity index (χ0) is 12.8. The summed E-state index contributed by atoms with van der Waals surface area (Å²) >= 11 is 0. The van der Waals surface area contributed by atoms with Crippen molar-refractivity contribution in [2.75, 3.05) is 6.61 Å². The molecule has 0 atom stereocenters. The average Bonchev–Trinajstić information content (AvgIpc) is 2.10. The van der Waals surface area contributed by atoms with Crippen LogP contribution in [-0.2, 0) is 14.0 Å². The fourth-order valence-corrected chi connectivity index (χ4v) is 1.87. The summed E-state index contributed by atoms with van der Waals surface area (Å²) in [5, 5.41) is 0. The summed E-state index contributed by atoms with van der Waals surface area (Å²) in [6, 6.07) is 0. The van der Waals surface area contributed by atoms with Crippen molar-refractivity contribution in [1.82, 2.24) is 0 Å². The highest BCUT2D eigenvalue weighted by Crippen LogP contribution is 2.14. The first-order chi connectivity index (χ1) is 7.26. The van der Waals surface area contributed by atoms with Crippen molar-refractivity contribution in [2.24, 2.45) is 5.92 Å². The lowest BCUT2D eigenvalue weighted by Gasteiger charge is -2.20. The Morgan fingerprint density at radius 2 is 1.88 bits per heavy atom. The molecule has 0 bridgehead atoms. The minimum absolute atomic E-state index is 0.342. The van der Waals surface area contributed by atoms with Gasteiger partial charge in [-0.25, -0.2) is 4.79 Å². The van der Waals surface area contributed by atoms with Crippen molar-refractivity contribution < 1.29 is 14.0 Å². The van der Waals surface area contributed by atoms with Crippen LogP contribution in [0.3, 0.4) is 0 Å². The van der Waals surface area contributed by atoms with E-state index in [1.165, 1.54) is 0 Å². The molecule has 0 saturated heterocycles. The third kappa shape index (κ3) is 7.51. The van der Waals surface area contributed by atoms with Crippen molar-refractivity contribution in [1.29, 1.82) is 0 Å². The smallest absolute Gasteiger partial charge is 0.371 e. The molecule has 16 heavy (non-hydrogen) atoms. The standard InChI is InChI=1S/C12H24O3Si/c1-7-14-12(13)11(9-8-10(2)3)15-16(4,5)6/h9-10H,7-8H2,1-6H3/b11-9+. The number of hydrogen-bond acceptors (Lipinski definition) is 3. The van der Waals surface area contributed by atoms with Crippen molar-refractivity contribution in [3.8, 4) is 0 Å². The number of carbonyl (C=O) groups is 1. The second-order valence-corrected chi connectivity index (χ2v) is 9.56. The number of esters is 1. The van der Waals surface area contributed by atoms with Gasteiger partial charge in [0.2, 0.25) is 8.32 Å². The Labute approximate surface area is 100.0 Å². The highest BCUT2D eigenvalue weighted by Gasteiger charge is 2.22. The number of allylic oxidation sites excluding steroid dienone is 1. The molecule has 0 spiro atoms. The first kappa shape index (κ1) is 15.2. The van der Waals surface area contributed by atoms with E-state index in [9.17, 15) is 4.79 Å². The molecule has 0 fully saturated rings. The van der Waals surface area contributed by atoms with Gasteiger partial charge in [0.25, 0.3) is 0 Å². The molecular weight excluding hydrogens is 220 g/mol. The molecule has 0 rings (SSSR count). The molecule has 0 aromatic heterocycles. The monoisotopic (exact) mass is 244 g/mol. The second-order valence-electron chi connectivity index (χ2n) is 5.13. The van der Waals surface area contributed by atoms with Crippen molar-refractivity contribution in [3.63, 3.8) is 0 Å². The Balaban J connectivity index is 4.63. The van der Waals surface area contributed by atoms with E-state index in [0.717, 1.165) is 6.42 Å². The van der Waals surface area contributed by atoms with E-state index in [4.69, 9.17) is 9.16 Å². The molecule has 94 valence electrons. The Hall–Kier alpha value is -0.773. The minimum Gasteiger partial charge on any atom is -0.540 e. The zero-order valence-corrected chi connectivity index (χ0v) is 12.3. The van der Waals surface area contributed by atoms with Gasteiger partial charge in [0.1, 0.15) is 0 Å². The van der Waals surface area contributed by atoms with E-state index in [2.05, 4.69) is 33.5 Å². The Morgan fingerprint density at radius 3 is 2.25 bits per heavy atom. The minimum atomic E-state index is -1.75. The van der Waals surface area contributed by atoms with Gasteiger partial charge in [0.05, 0.1) is 6.61 Å². The molecule has 0 radical (unpaired) electrons. The van der Waals surface area contributed by atoms with Gasteiger partial charge >= 0.3 is 5.97 Å². The number of rotatable bonds is 6. The van der Waals surface area contributed by atoms with Crippen LogP contribution in [0.5, 0.6) is 0 Å². The molecule has 0 saturated carbocycles. The van der Waals surface area contributed by atoms with E-state index in [1.807, 2.05) is 6.08 Å². The van der Waals surface area contributed by atoms with Gasteiger partial charge in [-0.1, -0.05) is 13.8 Å². The predicted molar refractivity (Wildman–Crippen MR) is 68.6 cm³/mol. The predicted octanol–water partition coefficient (Wildman–Crippen LogP) is 3.33. The molecule has 4 heteroatoms. The van der Waals surface area contributed by atoms with Crippen molar-refractivity contribution in [2.45, 2.75) is 46.8 Å². The topological polar surface area (TPSA) is 35.5 Å². The Bertz CT molecular complexity index is 251. The van der Waals surface area contributed by atoms with E-state index in [1.54, 1.807) is 6.92 Å². The molecule has 0 amide bonds. The molecule has 0 aliphatic heterocycles. The van der Waals surface area contributed by atoms with E-state index in [0.29, 0.717) is 18.3 Å². The SMILES string of the molecule is CCOC(=O)/C(=C\CC(C)C)O[Si](C)(C)C. The molecule has 0 aromatic carbocycles. The summed E-state index contributed by atoms with van der Waals surface area (Å²) in [4.78, 5) is 11.6. The maximum absolute atomic E-state index is 11.6. The fraction of sp³-hybridized carbons (Fsp3) is 0.750. The summed E-state index contributed by atoms with van der Waals surface area (Å²) in [5.41, 5.74) is 0. The first-order valence-electron chi connectivity index (χ1n) is 5.82. The number of hydrogen-bond donors (Lipinski definition) is 0. The summed E-state index contributed by atoms with van der Waals surface area (Å²) < 4.78 is 10.7. The van der Waals surface area contributed by atoms with Crippen LogP contribution in [-0.4, -0.2) is 20.9 Å². The Kier molecular flexibility index (Phi) is 6.41. The van der Waals surface area contributed by atoms with Crippen LogP contribution < -0.4 is 0 Å². The zero-order valence-electron chi connectivity index (χ0n) is 11.3. The fourth-order valence-electron chi connectivity index (χ4n) is 1.04. The molecule has 0 unspecified atom stereocenters. The highest BCUT2D eigenvalue weighted by atomic mass is 28.4. The molecular formula is C12H24O3Si. The maximum atomic E-state index is 11.6. The second kappa shape index (κ2) is 6.73. The van der Waals surface area contributed by atoms with Gasteiger partial charge in [-0.05, 0) is 45.0 Å². The lowest BCUT2D eigenvalue weighted by atomic mass is 10.1. The normalized spacial score (nSPS) is 12.8. The lowest BCUT2D eigenvalue weighted by Crippen LogP contribution is -2.28. The summed E-state index contributed by atoms with van der Waals surface area (Å²) in [7, 11) is -1.75. The van der Waals surface area contributed by atoms with Crippen molar-refractivity contribution >= 4 is 14.3 Å². The van der Waals surface area contributed by atoms with Crippen LogP contribution in [0.4, 0.5) is 0 Å². The van der Waals surface area contributed by atoms with Gasteiger partial charge in [0, 0.05) is 0 Å². The van der Waals surface area contributed by atoms with E-state index >= 15 is 0 Å².